The van der Waals surface area contributed by atoms with E-state index in [1.54, 1.807) is 4.90 Å². The Kier molecular flexibility index (Phi) is 2.66. The van der Waals surface area contributed by atoms with Gasteiger partial charge in [0.1, 0.15) is 12.2 Å². The first kappa shape index (κ1) is 11.4. The number of ether oxygens (including phenoxy) is 2. The second-order valence-corrected chi connectivity index (χ2v) is 5.31. The van der Waals surface area contributed by atoms with E-state index in [0.29, 0.717) is 13.1 Å². The lowest BCUT2D eigenvalue weighted by molar-refractivity contribution is -0.120. The lowest BCUT2D eigenvalue weighted by Crippen LogP contribution is -2.36. The predicted molar refractivity (Wildman–Crippen MR) is 56.0 cm³/mol. The van der Waals surface area contributed by atoms with Crippen molar-refractivity contribution < 1.29 is 19.1 Å². The molecule has 0 aromatic carbocycles. The van der Waals surface area contributed by atoms with Crippen LogP contribution in [-0.2, 0) is 14.3 Å². The fourth-order valence-electron chi connectivity index (χ4n) is 2.02. The van der Waals surface area contributed by atoms with Gasteiger partial charge in [-0.15, -0.1) is 0 Å². The number of Topliss-reactive ketones (excluding diaryl/α,β-unsaturated/α-hetero) is 1. The average Bonchev–Trinajstić information content (AvgIpc) is 2.65. The first-order valence-electron chi connectivity index (χ1n) is 5.49. The van der Waals surface area contributed by atoms with Gasteiger partial charge in [0.15, 0.2) is 5.78 Å². The number of ketones is 1. The first-order valence-corrected chi connectivity index (χ1v) is 5.49. The largest absolute Gasteiger partial charge is 0.444 e. The van der Waals surface area contributed by atoms with E-state index < -0.39 is 5.60 Å². The van der Waals surface area contributed by atoms with Gasteiger partial charge in [0.2, 0.25) is 0 Å². The molecule has 2 aliphatic rings. The number of nitrogens with zero attached hydrogens (tertiary/aromatic N) is 1. The number of hydrogen-bond donors (Lipinski definition) is 0. The molecule has 2 aliphatic heterocycles. The fraction of sp³-hybridized carbons (Fsp3) is 0.818. The molecule has 0 spiro atoms. The Labute approximate surface area is 94.7 Å². The zero-order valence-corrected chi connectivity index (χ0v) is 9.86. The van der Waals surface area contributed by atoms with E-state index in [9.17, 15) is 9.59 Å². The van der Waals surface area contributed by atoms with Crippen LogP contribution < -0.4 is 0 Å². The third-order valence-corrected chi connectivity index (χ3v) is 2.77. The highest BCUT2D eigenvalue weighted by Gasteiger charge is 2.45. The third-order valence-electron chi connectivity index (χ3n) is 2.77. The number of amides is 1. The van der Waals surface area contributed by atoms with Crippen molar-refractivity contribution in [2.75, 3.05) is 19.7 Å². The minimum atomic E-state index is -0.500. The van der Waals surface area contributed by atoms with Crippen molar-refractivity contribution in [1.82, 2.24) is 4.90 Å². The molecule has 2 heterocycles. The first-order chi connectivity index (χ1) is 7.37. The van der Waals surface area contributed by atoms with Crippen LogP contribution in [0.2, 0.25) is 0 Å². The molecule has 1 amide bonds. The summed E-state index contributed by atoms with van der Waals surface area (Å²) in [5.41, 5.74) is -0.500. The van der Waals surface area contributed by atoms with Gasteiger partial charge in [-0.2, -0.15) is 0 Å². The molecule has 16 heavy (non-hydrogen) atoms. The predicted octanol–water partition coefficient (Wildman–Crippen LogP) is 0.821. The molecule has 2 atom stereocenters. The Bertz CT molecular complexity index is 320. The van der Waals surface area contributed by atoms with Crippen LogP contribution >= 0.6 is 0 Å². The van der Waals surface area contributed by atoms with Crippen molar-refractivity contribution in [3.05, 3.63) is 0 Å². The van der Waals surface area contributed by atoms with Crippen LogP contribution in [0.15, 0.2) is 0 Å². The Morgan fingerprint density at radius 2 is 2.12 bits per heavy atom. The molecule has 0 aromatic rings. The van der Waals surface area contributed by atoms with Gasteiger partial charge >= 0.3 is 6.09 Å². The SMILES string of the molecule is CC(C)(C)OC(=O)N1C[C@@H]2OCC(=O)[C@@H]2C1. The topological polar surface area (TPSA) is 55.8 Å². The van der Waals surface area contributed by atoms with E-state index in [1.165, 1.54) is 0 Å². The molecule has 0 aromatic heterocycles. The van der Waals surface area contributed by atoms with Gasteiger partial charge in [0.05, 0.1) is 18.6 Å². The summed E-state index contributed by atoms with van der Waals surface area (Å²) in [4.78, 5) is 24.7. The van der Waals surface area contributed by atoms with Crippen LogP contribution in [0.5, 0.6) is 0 Å². The maximum atomic E-state index is 11.7. The van der Waals surface area contributed by atoms with Gasteiger partial charge in [-0.05, 0) is 20.8 Å². The zero-order valence-electron chi connectivity index (χ0n) is 9.86. The minimum Gasteiger partial charge on any atom is -0.444 e. The highest BCUT2D eigenvalue weighted by atomic mass is 16.6. The van der Waals surface area contributed by atoms with E-state index in [4.69, 9.17) is 9.47 Å². The maximum absolute atomic E-state index is 11.7. The highest BCUT2D eigenvalue weighted by molar-refractivity contribution is 5.86. The lowest BCUT2D eigenvalue weighted by Gasteiger charge is -2.24. The van der Waals surface area contributed by atoms with E-state index in [-0.39, 0.29) is 30.5 Å². The van der Waals surface area contributed by atoms with Crippen LogP contribution in [0.25, 0.3) is 0 Å². The molecule has 2 saturated heterocycles. The number of rotatable bonds is 0. The summed E-state index contributed by atoms with van der Waals surface area (Å²) in [5, 5.41) is 0. The number of fused-ring (bicyclic) bond motifs is 1. The van der Waals surface area contributed by atoms with Gasteiger partial charge in [0.25, 0.3) is 0 Å². The van der Waals surface area contributed by atoms with Crippen molar-refractivity contribution in [3.63, 3.8) is 0 Å². The van der Waals surface area contributed by atoms with Crippen molar-refractivity contribution in [2.45, 2.75) is 32.5 Å². The van der Waals surface area contributed by atoms with E-state index in [1.807, 2.05) is 20.8 Å². The molecule has 0 aliphatic carbocycles. The normalized spacial score (nSPS) is 29.4. The smallest absolute Gasteiger partial charge is 0.410 e. The lowest BCUT2D eigenvalue weighted by atomic mass is 10.1. The highest BCUT2D eigenvalue weighted by Crippen LogP contribution is 2.27. The van der Waals surface area contributed by atoms with Crippen molar-refractivity contribution in [1.29, 1.82) is 0 Å². The monoisotopic (exact) mass is 227 g/mol. The van der Waals surface area contributed by atoms with Gasteiger partial charge in [-0.3, -0.25) is 4.79 Å². The summed E-state index contributed by atoms with van der Waals surface area (Å²) in [5.74, 6) is -0.0522. The van der Waals surface area contributed by atoms with Gasteiger partial charge in [0, 0.05) is 6.54 Å². The molecule has 0 radical (unpaired) electrons. The van der Waals surface area contributed by atoms with Gasteiger partial charge in [-0.1, -0.05) is 0 Å². The third kappa shape index (κ3) is 2.19. The Hall–Kier alpha value is -1.10. The maximum Gasteiger partial charge on any atom is 0.410 e. The summed E-state index contributed by atoms with van der Waals surface area (Å²) in [6.45, 7) is 6.55. The van der Waals surface area contributed by atoms with Gasteiger partial charge < -0.3 is 14.4 Å². The quantitative estimate of drug-likeness (QED) is 0.615. The molecular formula is C11H17NO4. The standard InChI is InChI=1S/C11H17NO4/c1-11(2,3)16-10(14)12-4-7-8(13)6-15-9(7)5-12/h7,9H,4-6H2,1-3H3/t7-,9-/m0/s1. The van der Waals surface area contributed by atoms with Crippen LogP contribution in [0.4, 0.5) is 4.79 Å². The molecule has 0 bridgehead atoms. The minimum absolute atomic E-state index is 0.0936. The fourth-order valence-corrected chi connectivity index (χ4v) is 2.02. The molecule has 0 N–H and O–H groups in total. The van der Waals surface area contributed by atoms with Crippen LogP contribution in [0, 0.1) is 5.92 Å². The molecule has 0 unspecified atom stereocenters. The van der Waals surface area contributed by atoms with E-state index >= 15 is 0 Å². The summed E-state index contributed by atoms with van der Waals surface area (Å²) in [7, 11) is 0. The summed E-state index contributed by atoms with van der Waals surface area (Å²) in [6.07, 6.45) is -0.488. The number of carbonyl (C=O) groups excluding carboxylic acids is 2. The molecule has 2 rings (SSSR count). The summed E-state index contributed by atoms with van der Waals surface area (Å²) >= 11 is 0. The van der Waals surface area contributed by atoms with Crippen LogP contribution in [0.3, 0.4) is 0 Å². The molecule has 2 fully saturated rings. The van der Waals surface area contributed by atoms with E-state index in [2.05, 4.69) is 0 Å². The number of carbonyl (C=O) groups is 2. The average molecular weight is 227 g/mol. The number of hydrogen-bond acceptors (Lipinski definition) is 4. The summed E-state index contributed by atoms with van der Waals surface area (Å²) < 4.78 is 10.5. The summed E-state index contributed by atoms with van der Waals surface area (Å²) in [6, 6.07) is 0. The zero-order chi connectivity index (χ0) is 11.9. The Morgan fingerprint density at radius 1 is 1.44 bits per heavy atom. The van der Waals surface area contributed by atoms with Crippen molar-refractivity contribution in [2.24, 2.45) is 5.92 Å². The molecule has 5 nitrogen and oxygen atoms in total. The molecule has 5 heteroatoms. The second-order valence-electron chi connectivity index (χ2n) is 5.31. The van der Waals surface area contributed by atoms with Crippen molar-refractivity contribution in [3.8, 4) is 0 Å². The van der Waals surface area contributed by atoms with Crippen molar-refractivity contribution >= 4 is 11.9 Å². The molecule has 90 valence electrons. The van der Waals surface area contributed by atoms with Crippen LogP contribution in [0.1, 0.15) is 20.8 Å². The van der Waals surface area contributed by atoms with Crippen LogP contribution in [-0.4, -0.2) is 48.2 Å². The Morgan fingerprint density at radius 3 is 2.69 bits per heavy atom. The van der Waals surface area contributed by atoms with Gasteiger partial charge in [-0.25, -0.2) is 4.79 Å². The second kappa shape index (κ2) is 3.73. The Balaban J connectivity index is 1.94. The molecule has 0 saturated carbocycles. The van der Waals surface area contributed by atoms with E-state index in [0.717, 1.165) is 0 Å². The number of likely N-dealkylation sites (tertiary alicyclic amines) is 1. The molecular weight excluding hydrogens is 210 g/mol.